The smallest absolute Gasteiger partial charge is 0.410 e. The Hall–Kier alpha value is -5.64. The van der Waals surface area contributed by atoms with Crippen LogP contribution in [0, 0.1) is 0 Å². The molecule has 4 aromatic carbocycles. The number of methoxy groups -OCH3 is 2. The van der Waals surface area contributed by atoms with Crippen molar-refractivity contribution >= 4 is 54.2 Å². The van der Waals surface area contributed by atoms with E-state index < -0.39 is 25.6 Å². The van der Waals surface area contributed by atoms with E-state index in [9.17, 15) is 26.4 Å². The summed E-state index contributed by atoms with van der Waals surface area (Å²) in [6, 6.07) is 26.8. The molecule has 1 fully saturated rings. The van der Waals surface area contributed by atoms with Gasteiger partial charge in [-0.1, -0.05) is 36.4 Å². The maximum absolute atomic E-state index is 13.2. The highest BCUT2D eigenvalue weighted by Crippen LogP contribution is 2.33. The standard InChI is InChI=1S/C25H31N3O5S.C16H13NO4S/c1-25(2,3)33-24(29)27-16-14-26(15-17-27)18-21-20-12-13-28(22(20)10-11-23(21)32-4)34(30,31)19-8-6-5-7-9-19;1-21-16-8-7-15-13(14(16)11-18)9-10-17(15)22(19,20)12-5-3-2-4-6-12/h5-13H,14-18H2,1-4H3;2-11H,1H3. The van der Waals surface area contributed by atoms with E-state index in [2.05, 4.69) is 4.90 Å². The molecule has 7 rings (SSSR count). The molecule has 0 radical (unpaired) electrons. The van der Waals surface area contributed by atoms with Crippen LogP contribution in [0.1, 0.15) is 36.7 Å². The first-order valence-electron chi connectivity index (χ1n) is 17.8. The Morgan fingerprint density at radius 3 is 1.62 bits per heavy atom. The summed E-state index contributed by atoms with van der Waals surface area (Å²) in [6.45, 7) is 8.66. The second kappa shape index (κ2) is 16.2. The van der Waals surface area contributed by atoms with Gasteiger partial charge in [0.25, 0.3) is 20.0 Å². The molecular weight excluding hydrogens is 757 g/mol. The molecule has 0 saturated carbocycles. The summed E-state index contributed by atoms with van der Waals surface area (Å²) in [5, 5.41) is 1.36. The van der Waals surface area contributed by atoms with Crippen LogP contribution >= 0.6 is 0 Å². The molecule has 294 valence electrons. The first-order chi connectivity index (χ1) is 26.7. The molecule has 0 N–H and O–H groups in total. The van der Waals surface area contributed by atoms with Crippen LogP contribution in [0.15, 0.2) is 119 Å². The van der Waals surface area contributed by atoms with Crippen LogP contribution in [0.5, 0.6) is 11.5 Å². The lowest BCUT2D eigenvalue weighted by molar-refractivity contribution is 0.0138. The maximum Gasteiger partial charge on any atom is 0.410 e. The van der Waals surface area contributed by atoms with Gasteiger partial charge in [-0.2, -0.15) is 0 Å². The minimum Gasteiger partial charge on any atom is -0.496 e. The van der Waals surface area contributed by atoms with Gasteiger partial charge >= 0.3 is 6.09 Å². The summed E-state index contributed by atoms with van der Waals surface area (Å²) < 4.78 is 70.6. The SMILES string of the molecule is COc1ccc2c(ccn2S(=O)(=O)c2ccccc2)c1C=O.COc1ccc2c(ccn2S(=O)(=O)c2ccccc2)c1CN1CCN(C(=O)OC(C)(C)C)CC1. The molecule has 1 saturated heterocycles. The molecule has 0 atom stereocenters. The van der Waals surface area contributed by atoms with Crippen molar-refractivity contribution in [1.82, 2.24) is 17.7 Å². The average Bonchev–Trinajstić information content (AvgIpc) is 3.84. The van der Waals surface area contributed by atoms with E-state index in [0.717, 1.165) is 10.9 Å². The number of amides is 1. The van der Waals surface area contributed by atoms with Crippen LogP contribution in [-0.2, 0) is 31.3 Å². The van der Waals surface area contributed by atoms with Gasteiger partial charge in [-0.25, -0.2) is 29.6 Å². The normalized spacial score (nSPS) is 13.9. The second-order valence-electron chi connectivity index (χ2n) is 14.0. The predicted octanol–water partition coefficient (Wildman–Crippen LogP) is 6.64. The van der Waals surface area contributed by atoms with Crippen LogP contribution in [0.2, 0.25) is 0 Å². The Morgan fingerprint density at radius 1 is 0.661 bits per heavy atom. The molecule has 1 aliphatic heterocycles. The zero-order valence-corrected chi connectivity index (χ0v) is 33.4. The van der Waals surface area contributed by atoms with Crippen LogP contribution in [0.3, 0.4) is 0 Å². The predicted molar refractivity (Wildman–Crippen MR) is 214 cm³/mol. The Kier molecular flexibility index (Phi) is 11.6. The van der Waals surface area contributed by atoms with E-state index in [1.807, 2.05) is 32.9 Å². The molecule has 0 bridgehead atoms. The van der Waals surface area contributed by atoms with Gasteiger partial charge < -0.3 is 19.1 Å². The topological polar surface area (TPSA) is 146 Å². The highest BCUT2D eigenvalue weighted by atomic mass is 32.2. The molecule has 1 amide bonds. The molecule has 0 aliphatic carbocycles. The molecule has 6 aromatic rings. The van der Waals surface area contributed by atoms with E-state index in [4.69, 9.17) is 14.2 Å². The number of piperazine rings is 1. The third kappa shape index (κ3) is 8.15. The van der Waals surface area contributed by atoms with Crippen molar-refractivity contribution in [2.75, 3.05) is 40.4 Å². The highest BCUT2D eigenvalue weighted by Gasteiger charge is 2.28. The molecule has 13 nitrogen and oxygen atoms in total. The van der Waals surface area contributed by atoms with Gasteiger partial charge in [0.2, 0.25) is 0 Å². The van der Waals surface area contributed by atoms with Crippen molar-refractivity contribution in [1.29, 1.82) is 0 Å². The molecule has 0 unspecified atom stereocenters. The fourth-order valence-corrected chi connectivity index (χ4v) is 9.29. The first kappa shape index (κ1) is 40.0. The number of carbonyl (C=O) groups is 2. The Balaban J connectivity index is 0.000000208. The first-order valence-corrected chi connectivity index (χ1v) is 20.7. The van der Waals surface area contributed by atoms with E-state index in [1.165, 1.54) is 33.4 Å². The minimum atomic E-state index is -3.72. The largest absolute Gasteiger partial charge is 0.496 e. The lowest BCUT2D eigenvalue weighted by atomic mass is 10.1. The highest BCUT2D eigenvalue weighted by molar-refractivity contribution is 7.90. The van der Waals surface area contributed by atoms with Crippen molar-refractivity contribution < 1.29 is 40.6 Å². The monoisotopic (exact) mass is 800 g/mol. The van der Waals surface area contributed by atoms with Gasteiger partial charge in [-0.15, -0.1) is 0 Å². The molecule has 2 aromatic heterocycles. The zero-order chi connectivity index (χ0) is 40.3. The van der Waals surface area contributed by atoms with E-state index in [-0.39, 0.29) is 15.9 Å². The van der Waals surface area contributed by atoms with Crippen LogP contribution in [-0.4, -0.2) is 93.0 Å². The zero-order valence-electron chi connectivity index (χ0n) is 31.8. The average molecular weight is 801 g/mol. The number of ether oxygens (including phenoxy) is 3. The Bertz CT molecular complexity index is 2570. The fourth-order valence-electron chi connectivity index (χ4n) is 6.55. The van der Waals surface area contributed by atoms with Crippen LogP contribution in [0.25, 0.3) is 21.8 Å². The number of rotatable bonds is 9. The summed E-state index contributed by atoms with van der Waals surface area (Å²) in [6.07, 6.45) is 3.41. The molecule has 3 heterocycles. The molecular formula is C41H44N4O9S2. The number of benzene rings is 4. The summed E-state index contributed by atoms with van der Waals surface area (Å²) in [5.74, 6) is 1.12. The lowest BCUT2D eigenvalue weighted by Crippen LogP contribution is -2.49. The summed E-state index contributed by atoms with van der Waals surface area (Å²) in [5.41, 5.74) is 1.78. The fraction of sp³-hybridized carbons (Fsp3) is 0.268. The quantitative estimate of drug-likeness (QED) is 0.146. The third-order valence-electron chi connectivity index (χ3n) is 9.31. The third-order valence-corrected chi connectivity index (χ3v) is 12.7. The van der Waals surface area contributed by atoms with E-state index in [1.54, 1.807) is 91.0 Å². The maximum atomic E-state index is 13.2. The van der Waals surface area contributed by atoms with Crippen molar-refractivity contribution in [2.24, 2.45) is 0 Å². The van der Waals surface area contributed by atoms with Crippen molar-refractivity contribution in [3.8, 4) is 11.5 Å². The summed E-state index contributed by atoms with van der Waals surface area (Å²) >= 11 is 0. The number of carbonyl (C=O) groups excluding carboxylic acids is 2. The van der Waals surface area contributed by atoms with Gasteiger partial charge in [0.15, 0.2) is 6.29 Å². The van der Waals surface area contributed by atoms with Crippen LogP contribution < -0.4 is 9.47 Å². The van der Waals surface area contributed by atoms with Crippen molar-refractivity contribution in [3.05, 3.63) is 121 Å². The van der Waals surface area contributed by atoms with E-state index >= 15 is 0 Å². The van der Waals surface area contributed by atoms with Crippen molar-refractivity contribution in [3.63, 3.8) is 0 Å². The Morgan fingerprint density at radius 2 is 1.14 bits per heavy atom. The second-order valence-corrected chi connectivity index (χ2v) is 17.6. The summed E-state index contributed by atoms with van der Waals surface area (Å²) in [4.78, 5) is 28.1. The van der Waals surface area contributed by atoms with Crippen LogP contribution in [0.4, 0.5) is 4.79 Å². The number of hydrogen-bond donors (Lipinski definition) is 0. The van der Waals surface area contributed by atoms with E-state index in [0.29, 0.717) is 72.5 Å². The molecule has 15 heteroatoms. The molecule has 0 spiro atoms. The number of aromatic nitrogens is 2. The van der Waals surface area contributed by atoms with Gasteiger partial charge in [-0.3, -0.25) is 9.69 Å². The van der Waals surface area contributed by atoms with Gasteiger partial charge in [0.1, 0.15) is 17.1 Å². The molecule has 56 heavy (non-hydrogen) atoms. The number of fused-ring (bicyclic) bond motifs is 2. The van der Waals surface area contributed by atoms with Crippen molar-refractivity contribution in [2.45, 2.75) is 42.7 Å². The summed E-state index contributed by atoms with van der Waals surface area (Å²) in [7, 11) is -4.35. The number of hydrogen-bond acceptors (Lipinski definition) is 10. The van der Waals surface area contributed by atoms with Gasteiger partial charge in [0, 0.05) is 61.5 Å². The number of nitrogens with zero attached hydrogens (tertiary/aromatic N) is 4. The molecule has 1 aliphatic rings. The number of aldehydes is 1. The van der Waals surface area contributed by atoms with Gasteiger partial charge in [0.05, 0.1) is 40.6 Å². The lowest BCUT2D eigenvalue weighted by Gasteiger charge is -2.35. The Labute approximate surface area is 326 Å². The van der Waals surface area contributed by atoms with Gasteiger partial charge in [-0.05, 0) is 81.4 Å². The minimum absolute atomic E-state index is 0.191.